The van der Waals surface area contributed by atoms with Gasteiger partial charge in [0.25, 0.3) is 0 Å². The molecule has 0 saturated heterocycles. The first kappa shape index (κ1) is 21.0. The summed E-state index contributed by atoms with van der Waals surface area (Å²) in [5, 5.41) is 0. The molecule has 1 aliphatic carbocycles. The lowest BCUT2D eigenvalue weighted by Crippen LogP contribution is -2.04. The second-order valence-electron chi connectivity index (χ2n) is 8.69. The van der Waals surface area contributed by atoms with Gasteiger partial charge in [0, 0.05) is 30.8 Å². The number of hydrogen-bond donors (Lipinski definition) is 0. The summed E-state index contributed by atoms with van der Waals surface area (Å²) in [5.74, 6) is 8.37. The number of ketones is 1. The zero-order valence-corrected chi connectivity index (χ0v) is 18.3. The Hall–Kier alpha value is -3.25. The van der Waals surface area contributed by atoms with Crippen LogP contribution in [0.1, 0.15) is 66.2 Å². The van der Waals surface area contributed by atoms with E-state index in [1.807, 2.05) is 24.5 Å². The number of Topliss-reactive ketones (excluding diaryl/α,β-unsaturated/α-hetero) is 1. The normalized spacial score (nSPS) is 15.6. The second kappa shape index (κ2) is 9.71. The van der Waals surface area contributed by atoms with Crippen LogP contribution in [0.2, 0.25) is 0 Å². The number of benzene rings is 2. The molecule has 2 atom stereocenters. The van der Waals surface area contributed by atoms with Crippen molar-refractivity contribution < 1.29 is 4.79 Å². The van der Waals surface area contributed by atoms with E-state index in [-0.39, 0.29) is 5.78 Å². The second-order valence-corrected chi connectivity index (χ2v) is 8.69. The van der Waals surface area contributed by atoms with E-state index >= 15 is 0 Å². The molecule has 3 heteroatoms. The fourth-order valence-corrected chi connectivity index (χ4v) is 4.44. The van der Waals surface area contributed by atoms with Gasteiger partial charge in [-0.25, -0.2) is 9.97 Å². The molecule has 1 aliphatic rings. The van der Waals surface area contributed by atoms with Crippen molar-refractivity contribution >= 4 is 5.78 Å². The molecule has 1 unspecified atom stereocenters. The predicted molar refractivity (Wildman–Crippen MR) is 124 cm³/mol. The van der Waals surface area contributed by atoms with Crippen LogP contribution in [0, 0.1) is 17.8 Å². The SMILES string of the molecule is CC(=O)CC(C)Cc1ccc(C#Cc2cnc(C[C@H]3CCc4ccccc43)nc2)cc1. The highest BCUT2D eigenvalue weighted by molar-refractivity contribution is 5.75. The highest BCUT2D eigenvalue weighted by Crippen LogP contribution is 2.34. The lowest BCUT2D eigenvalue weighted by Gasteiger charge is -2.10. The topological polar surface area (TPSA) is 42.9 Å². The van der Waals surface area contributed by atoms with E-state index < -0.39 is 0 Å². The Balaban J connectivity index is 1.35. The molecular weight excluding hydrogens is 380 g/mol. The summed E-state index contributed by atoms with van der Waals surface area (Å²) < 4.78 is 0. The highest BCUT2D eigenvalue weighted by atomic mass is 16.1. The van der Waals surface area contributed by atoms with Crippen LogP contribution >= 0.6 is 0 Å². The number of hydrogen-bond acceptors (Lipinski definition) is 3. The van der Waals surface area contributed by atoms with Crippen LogP contribution < -0.4 is 0 Å². The summed E-state index contributed by atoms with van der Waals surface area (Å²) >= 11 is 0. The molecular formula is C28H28N2O. The van der Waals surface area contributed by atoms with Crippen molar-refractivity contribution in [3.63, 3.8) is 0 Å². The molecule has 0 radical (unpaired) electrons. The Bertz CT molecular complexity index is 1100. The van der Waals surface area contributed by atoms with Crippen LogP contribution in [0.25, 0.3) is 0 Å². The summed E-state index contributed by atoms with van der Waals surface area (Å²) in [5.41, 5.74) is 5.95. The molecule has 2 aromatic carbocycles. The summed E-state index contributed by atoms with van der Waals surface area (Å²) in [7, 11) is 0. The van der Waals surface area contributed by atoms with E-state index in [0.29, 0.717) is 18.3 Å². The van der Waals surface area contributed by atoms with Gasteiger partial charge >= 0.3 is 0 Å². The fourth-order valence-electron chi connectivity index (χ4n) is 4.44. The van der Waals surface area contributed by atoms with Crippen molar-refractivity contribution in [1.82, 2.24) is 9.97 Å². The molecule has 3 nitrogen and oxygen atoms in total. The molecule has 156 valence electrons. The molecule has 1 heterocycles. The maximum atomic E-state index is 11.2. The Labute approximate surface area is 185 Å². The molecule has 4 rings (SSSR count). The monoisotopic (exact) mass is 408 g/mol. The summed E-state index contributed by atoms with van der Waals surface area (Å²) in [6.07, 6.45) is 8.40. The average molecular weight is 409 g/mol. The molecule has 0 amide bonds. The van der Waals surface area contributed by atoms with E-state index in [1.165, 1.54) is 23.1 Å². The molecule has 0 fully saturated rings. The van der Waals surface area contributed by atoms with Crippen LogP contribution in [0.15, 0.2) is 60.9 Å². The number of carbonyl (C=O) groups is 1. The Morgan fingerprint density at radius 1 is 1.03 bits per heavy atom. The van der Waals surface area contributed by atoms with Gasteiger partial charge in [-0.05, 0) is 66.8 Å². The third-order valence-electron chi connectivity index (χ3n) is 5.92. The van der Waals surface area contributed by atoms with Gasteiger partial charge in [0.2, 0.25) is 0 Å². The maximum absolute atomic E-state index is 11.2. The predicted octanol–water partition coefficient (Wildman–Crippen LogP) is 5.31. The molecule has 3 aromatic rings. The molecule has 0 N–H and O–H groups in total. The quantitative estimate of drug-likeness (QED) is 0.519. The van der Waals surface area contributed by atoms with Gasteiger partial charge < -0.3 is 4.79 Å². The zero-order chi connectivity index (χ0) is 21.6. The summed E-state index contributed by atoms with van der Waals surface area (Å²) in [6, 6.07) is 17.0. The van der Waals surface area contributed by atoms with Crippen LogP contribution in [0.4, 0.5) is 0 Å². The Morgan fingerprint density at radius 3 is 2.48 bits per heavy atom. The van der Waals surface area contributed by atoms with Crippen molar-refractivity contribution in [2.45, 2.75) is 51.9 Å². The van der Waals surface area contributed by atoms with E-state index in [9.17, 15) is 4.79 Å². The van der Waals surface area contributed by atoms with Crippen molar-refractivity contribution in [3.05, 3.63) is 94.6 Å². The minimum atomic E-state index is 0.247. The Kier molecular flexibility index (Phi) is 6.57. The largest absolute Gasteiger partial charge is 0.300 e. The van der Waals surface area contributed by atoms with Gasteiger partial charge in [-0.1, -0.05) is 55.2 Å². The first-order valence-corrected chi connectivity index (χ1v) is 11.1. The van der Waals surface area contributed by atoms with Gasteiger partial charge in [0.1, 0.15) is 11.6 Å². The number of aromatic nitrogens is 2. The highest BCUT2D eigenvalue weighted by Gasteiger charge is 2.22. The van der Waals surface area contributed by atoms with E-state index in [2.05, 4.69) is 65.1 Å². The molecule has 31 heavy (non-hydrogen) atoms. The fraction of sp³-hybridized carbons (Fsp3) is 0.321. The molecule has 0 aliphatic heterocycles. The van der Waals surface area contributed by atoms with Gasteiger partial charge in [-0.2, -0.15) is 0 Å². The lowest BCUT2D eigenvalue weighted by molar-refractivity contribution is -0.117. The smallest absolute Gasteiger partial charge is 0.130 e. The number of rotatable bonds is 6. The standard InChI is InChI=1S/C28H28N2O/c1-20(15-21(2)31)16-23-10-7-22(8-11-23)9-12-24-18-29-28(30-19-24)17-26-14-13-25-5-3-4-6-27(25)26/h3-8,10-11,18-20,26H,13-17H2,1-2H3/t20?,26-/m1/s1. The number of fused-ring (bicyclic) bond motifs is 1. The van der Waals surface area contributed by atoms with Gasteiger partial charge in [-0.3, -0.25) is 0 Å². The van der Waals surface area contributed by atoms with Crippen molar-refractivity contribution in [2.24, 2.45) is 5.92 Å². The number of carbonyl (C=O) groups excluding carboxylic acids is 1. The third-order valence-corrected chi connectivity index (χ3v) is 5.92. The van der Waals surface area contributed by atoms with Crippen molar-refractivity contribution in [1.29, 1.82) is 0 Å². The van der Waals surface area contributed by atoms with E-state index in [1.54, 1.807) is 6.92 Å². The molecule has 0 bridgehead atoms. The van der Waals surface area contributed by atoms with Crippen molar-refractivity contribution in [3.8, 4) is 11.8 Å². The van der Waals surface area contributed by atoms with Gasteiger partial charge in [0.05, 0.1) is 5.56 Å². The van der Waals surface area contributed by atoms with Crippen LogP contribution in [0.5, 0.6) is 0 Å². The molecule has 0 saturated carbocycles. The van der Waals surface area contributed by atoms with E-state index in [0.717, 1.165) is 36.2 Å². The zero-order valence-electron chi connectivity index (χ0n) is 18.3. The van der Waals surface area contributed by atoms with Crippen LogP contribution in [-0.4, -0.2) is 15.8 Å². The first-order valence-electron chi connectivity index (χ1n) is 11.1. The summed E-state index contributed by atoms with van der Waals surface area (Å²) in [4.78, 5) is 20.4. The average Bonchev–Trinajstić information content (AvgIpc) is 3.16. The van der Waals surface area contributed by atoms with Gasteiger partial charge in [-0.15, -0.1) is 0 Å². The molecule has 1 aromatic heterocycles. The Morgan fingerprint density at radius 2 is 1.74 bits per heavy atom. The van der Waals surface area contributed by atoms with Gasteiger partial charge in [0.15, 0.2) is 0 Å². The van der Waals surface area contributed by atoms with Crippen LogP contribution in [-0.2, 0) is 24.1 Å². The number of aryl methyl sites for hydroxylation is 1. The minimum Gasteiger partial charge on any atom is -0.300 e. The minimum absolute atomic E-state index is 0.247. The third kappa shape index (κ3) is 5.67. The van der Waals surface area contributed by atoms with Crippen molar-refractivity contribution in [2.75, 3.05) is 0 Å². The van der Waals surface area contributed by atoms with E-state index in [4.69, 9.17) is 0 Å². The van der Waals surface area contributed by atoms with Crippen LogP contribution in [0.3, 0.4) is 0 Å². The molecule has 0 spiro atoms. The maximum Gasteiger partial charge on any atom is 0.130 e. The lowest BCUT2D eigenvalue weighted by atomic mass is 9.96. The first-order chi connectivity index (χ1) is 15.1. The number of nitrogens with zero attached hydrogens (tertiary/aromatic N) is 2. The summed E-state index contributed by atoms with van der Waals surface area (Å²) in [6.45, 7) is 3.77.